The molecule has 0 aliphatic rings. The molecule has 7 N–H and O–H groups in total. The van der Waals surface area contributed by atoms with Crippen LogP contribution in [0.3, 0.4) is 0 Å². The highest BCUT2D eigenvalue weighted by Gasteiger charge is 2.29. The molecule has 0 aliphatic carbocycles. The lowest BCUT2D eigenvalue weighted by Gasteiger charge is -2.24. The number of nitrogens with two attached hydrogens (primary N) is 1. The molecule has 0 fully saturated rings. The highest BCUT2D eigenvalue weighted by molar-refractivity contribution is 7.98. The number of amides is 3. The molecular formula is C28H35N5O5S. The van der Waals surface area contributed by atoms with Gasteiger partial charge in [-0.25, -0.2) is 4.79 Å². The summed E-state index contributed by atoms with van der Waals surface area (Å²) in [4.78, 5) is 53.7. The van der Waals surface area contributed by atoms with Gasteiger partial charge in [0, 0.05) is 23.5 Å². The van der Waals surface area contributed by atoms with Crippen molar-refractivity contribution < 1.29 is 24.3 Å². The Morgan fingerprint density at radius 3 is 2.26 bits per heavy atom. The van der Waals surface area contributed by atoms with Gasteiger partial charge in [0.15, 0.2) is 0 Å². The normalized spacial score (nSPS) is 14.1. The van der Waals surface area contributed by atoms with E-state index in [0.717, 1.165) is 22.0 Å². The Bertz CT molecular complexity index is 1280. The standard InChI is InChI=1S/C28H35N5O5S/c1-17(31-26(35)21(29)15-19-16-30-22-11-7-6-10-20(19)22)25(34)33-24(14-18-8-4-3-5-9-18)27(36)32-23(28(37)38)12-13-39-2/h3-11,16-17,21,23-24,30H,12-15,29H2,1-2H3,(H,31,35)(H,32,36)(H,33,34)(H,37,38). The molecule has 0 saturated heterocycles. The molecular weight excluding hydrogens is 518 g/mol. The van der Waals surface area contributed by atoms with Crippen LogP contribution in [-0.2, 0) is 32.0 Å². The van der Waals surface area contributed by atoms with Crippen LogP contribution in [0, 0.1) is 0 Å². The molecule has 1 aromatic heterocycles. The number of fused-ring (bicyclic) bond motifs is 1. The van der Waals surface area contributed by atoms with Gasteiger partial charge in [-0.15, -0.1) is 0 Å². The lowest BCUT2D eigenvalue weighted by atomic mass is 10.0. The Labute approximate surface area is 231 Å². The Balaban J connectivity index is 1.64. The number of aromatic nitrogens is 1. The van der Waals surface area contributed by atoms with E-state index >= 15 is 0 Å². The van der Waals surface area contributed by atoms with Crippen LogP contribution >= 0.6 is 11.8 Å². The van der Waals surface area contributed by atoms with Gasteiger partial charge in [-0.1, -0.05) is 48.5 Å². The van der Waals surface area contributed by atoms with Crippen LogP contribution < -0.4 is 21.7 Å². The van der Waals surface area contributed by atoms with Crippen molar-refractivity contribution in [3.63, 3.8) is 0 Å². The first-order valence-electron chi connectivity index (χ1n) is 12.7. The molecule has 0 bridgehead atoms. The molecule has 0 radical (unpaired) electrons. The van der Waals surface area contributed by atoms with Crippen LogP contribution in [0.1, 0.15) is 24.5 Å². The topological polar surface area (TPSA) is 166 Å². The number of aliphatic carboxylic acids is 1. The molecule has 0 saturated carbocycles. The molecule has 0 aliphatic heterocycles. The maximum atomic E-state index is 13.1. The number of carboxylic acids is 1. The zero-order valence-electron chi connectivity index (χ0n) is 22.0. The van der Waals surface area contributed by atoms with Crippen molar-refractivity contribution in [3.8, 4) is 0 Å². The van der Waals surface area contributed by atoms with Crippen molar-refractivity contribution >= 4 is 46.4 Å². The summed E-state index contributed by atoms with van der Waals surface area (Å²) in [5, 5.41) is 18.3. The number of para-hydroxylation sites is 1. The van der Waals surface area contributed by atoms with Crippen molar-refractivity contribution in [2.45, 2.75) is 50.4 Å². The predicted octanol–water partition coefficient (Wildman–Crippen LogP) is 1.59. The third-order valence-corrected chi connectivity index (χ3v) is 6.99. The number of carbonyl (C=O) groups excluding carboxylic acids is 3. The summed E-state index contributed by atoms with van der Waals surface area (Å²) >= 11 is 1.47. The minimum Gasteiger partial charge on any atom is -0.480 e. The van der Waals surface area contributed by atoms with Crippen molar-refractivity contribution in [2.75, 3.05) is 12.0 Å². The van der Waals surface area contributed by atoms with Gasteiger partial charge in [-0.2, -0.15) is 11.8 Å². The average Bonchev–Trinajstić information content (AvgIpc) is 3.33. The van der Waals surface area contributed by atoms with Gasteiger partial charge in [0.25, 0.3) is 0 Å². The summed E-state index contributed by atoms with van der Waals surface area (Å²) in [6.07, 6.45) is 4.32. The van der Waals surface area contributed by atoms with Gasteiger partial charge in [-0.3, -0.25) is 14.4 Å². The molecule has 3 amide bonds. The van der Waals surface area contributed by atoms with E-state index in [9.17, 15) is 24.3 Å². The van der Waals surface area contributed by atoms with Crippen molar-refractivity contribution in [1.82, 2.24) is 20.9 Å². The van der Waals surface area contributed by atoms with Crippen LogP contribution in [0.25, 0.3) is 10.9 Å². The second kappa shape index (κ2) is 14.4. The quantitative estimate of drug-likeness (QED) is 0.176. The summed E-state index contributed by atoms with van der Waals surface area (Å²) < 4.78 is 0. The minimum absolute atomic E-state index is 0.147. The van der Waals surface area contributed by atoms with E-state index in [2.05, 4.69) is 20.9 Å². The number of thioether (sulfide) groups is 1. The van der Waals surface area contributed by atoms with Gasteiger partial charge in [0.05, 0.1) is 6.04 Å². The first-order valence-corrected chi connectivity index (χ1v) is 14.1. The Morgan fingerprint density at radius 1 is 0.897 bits per heavy atom. The lowest BCUT2D eigenvalue weighted by Crippen LogP contribution is -2.57. The number of benzene rings is 2. The van der Waals surface area contributed by atoms with Crippen molar-refractivity contribution in [3.05, 3.63) is 71.9 Å². The SMILES string of the molecule is CSCCC(NC(=O)C(Cc1ccccc1)NC(=O)C(C)NC(=O)C(N)Cc1c[nH]c2ccccc12)C(=O)O. The average molecular weight is 554 g/mol. The van der Waals surface area contributed by atoms with Crippen LogP contribution in [0.15, 0.2) is 60.8 Å². The van der Waals surface area contributed by atoms with Crippen molar-refractivity contribution in [1.29, 1.82) is 0 Å². The Hall–Kier alpha value is -3.83. The molecule has 2 aromatic carbocycles. The summed E-state index contributed by atoms with van der Waals surface area (Å²) in [7, 11) is 0. The molecule has 0 spiro atoms. The number of rotatable bonds is 14. The predicted molar refractivity (Wildman–Crippen MR) is 152 cm³/mol. The number of hydrogen-bond acceptors (Lipinski definition) is 6. The summed E-state index contributed by atoms with van der Waals surface area (Å²) in [6, 6.07) is 12.7. The fraction of sp³-hybridized carbons (Fsp3) is 0.357. The molecule has 39 heavy (non-hydrogen) atoms. The van der Waals surface area contributed by atoms with Crippen LogP contribution in [0.4, 0.5) is 0 Å². The molecule has 3 aromatic rings. The fourth-order valence-electron chi connectivity index (χ4n) is 4.14. The molecule has 11 heteroatoms. The molecule has 208 valence electrons. The Kier molecular flexibility index (Phi) is 10.9. The molecule has 10 nitrogen and oxygen atoms in total. The van der Waals surface area contributed by atoms with Gasteiger partial charge in [-0.05, 0) is 49.0 Å². The van der Waals surface area contributed by atoms with E-state index in [0.29, 0.717) is 5.75 Å². The highest BCUT2D eigenvalue weighted by Crippen LogP contribution is 2.18. The van der Waals surface area contributed by atoms with E-state index < -0.39 is 47.9 Å². The third kappa shape index (κ3) is 8.59. The third-order valence-electron chi connectivity index (χ3n) is 6.34. The number of hydrogen-bond donors (Lipinski definition) is 6. The molecule has 1 heterocycles. The van der Waals surface area contributed by atoms with E-state index in [1.165, 1.54) is 18.7 Å². The summed E-state index contributed by atoms with van der Waals surface area (Å²) in [5.74, 6) is -2.30. The summed E-state index contributed by atoms with van der Waals surface area (Å²) in [6.45, 7) is 1.50. The first kappa shape index (κ1) is 29.7. The van der Waals surface area contributed by atoms with Crippen LogP contribution in [0.5, 0.6) is 0 Å². The second-order valence-corrected chi connectivity index (χ2v) is 10.3. The number of carboxylic acid groups (broad SMARTS) is 1. The monoisotopic (exact) mass is 553 g/mol. The van der Waals surface area contributed by atoms with E-state index in [4.69, 9.17) is 5.73 Å². The minimum atomic E-state index is -1.15. The second-order valence-electron chi connectivity index (χ2n) is 9.33. The maximum absolute atomic E-state index is 13.1. The van der Waals surface area contributed by atoms with Crippen LogP contribution in [-0.4, -0.2) is 70.0 Å². The number of nitrogens with one attached hydrogen (secondary N) is 4. The molecule has 4 atom stereocenters. The lowest BCUT2D eigenvalue weighted by molar-refractivity contribution is -0.142. The molecule has 4 unspecified atom stereocenters. The maximum Gasteiger partial charge on any atom is 0.326 e. The fourth-order valence-corrected chi connectivity index (χ4v) is 4.61. The largest absolute Gasteiger partial charge is 0.480 e. The summed E-state index contributed by atoms with van der Waals surface area (Å²) in [5.41, 5.74) is 8.75. The van der Waals surface area contributed by atoms with Crippen LogP contribution in [0.2, 0.25) is 0 Å². The first-order chi connectivity index (χ1) is 18.7. The van der Waals surface area contributed by atoms with E-state index in [-0.39, 0.29) is 19.3 Å². The van der Waals surface area contributed by atoms with E-state index in [1.54, 1.807) is 0 Å². The van der Waals surface area contributed by atoms with Gasteiger partial charge >= 0.3 is 5.97 Å². The van der Waals surface area contributed by atoms with Gasteiger partial charge < -0.3 is 31.8 Å². The van der Waals surface area contributed by atoms with Crippen molar-refractivity contribution in [2.24, 2.45) is 5.73 Å². The number of aromatic amines is 1. The smallest absolute Gasteiger partial charge is 0.326 e. The highest BCUT2D eigenvalue weighted by atomic mass is 32.2. The molecule has 3 rings (SSSR count). The number of H-pyrrole nitrogens is 1. The van der Waals surface area contributed by atoms with E-state index in [1.807, 2.05) is 67.0 Å². The van der Waals surface area contributed by atoms with Gasteiger partial charge in [0.1, 0.15) is 18.1 Å². The zero-order valence-corrected chi connectivity index (χ0v) is 22.8. The number of carbonyl (C=O) groups is 4. The van der Waals surface area contributed by atoms with Gasteiger partial charge in [0.2, 0.25) is 17.7 Å². The zero-order chi connectivity index (χ0) is 28.4. The Morgan fingerprint density at radius 2 is 1.56 bits per heavy atom.